The van der Waals surface area contributed by atoms with Gasteiger partial charge in [0.25, 0.3) is 0 Å². The summed E-state index contributed by atoms with van der Waals surface area (Å²) in [6, 6.07) is 16.4. The number of nitrogens with one attached hydrogen (secondary N) is 1. The minimum Gasteiger partial charge on any atom is -0.473 e. The first-order valence-corrected chi connectivity index (χ1v) is 15.9. The van der Waals surface area contributed by atoms with Crippen LogP contribution in [-0.2, 0) is 48.3 Å². The molecule has 0 bridgehead atoms. The number of likely N-dealkylation sites (tertiary alicyclic amines) is 2. The molecule has 0 unspecified atom stereocenters. The highest BCUT2D eigenvalue weighted by Gasteiger charge is 2.12. The number of carboxylic acids is 2. The Balaban J connectivity index is 0.000000685. The van der Waals surface area contributed by atoms with Gasteiger partial charge in [0.05, 0.1) is 26.3 Å². The van der Waals surface area contributed by atoms with E-state index >= 15 is 0 Å². The topological polar surface area (TPSA) is 189 Å². The van der Waals surface area contributed by atoms with Crippen LogP contribution in [-0.4, -0.2) is 103 Å². The third kappa shape index (κ3) is 21.1. The molecular formula is C34H51ClN4O9. The Bertz CT molecular complexity index is 1220. The first-order chi connectivity index (χ1) is 22.6. The van der Waals surface area contributed by atoms with E-state index in [-0.39, 0.29) is 37.4 Å². The van der Waals surface area contributed by atoms with Crippen molar-refractivity contribution < 1.29 is 43.7 Å². The minimum atomic E-state index is -1.82. The SMILES string of the molecule is CCOC(=O)CN.CCOC(=O)CNCc1cccc(CN2CCCC2)c1.Cl.O=C(O)C(=O)O.O=Cc1cccc(CN2CCCC2)c1. The van der Waals surface area contributed by atoms with Gasteiger partial charge < -0.3 is 30.7 Å². The molecule has 0 saturated carbocycles. The number of hydrogen-bond donors (Lipinski definition) is 4. The van der Waals surface area contributed by atoms with E-state index < -0.39 is 11.9 Å². The van der Waals surface area contributed by atoms with Crippen LogP contribution in [0.5, 0.6) is 0 Å². The molecule has 0 radical (unpaired) electrons. The molecule has 2 fully saturated rings. The second-order valence-corrected chi connectivity index (χ2v) is 10.7. The first kappa shape index (κ1) is 44.1. The lowest BCUT2D eigenvalue weighted by Crippen LogP contribution is -2.24. The lowest BCUT2D eigenvalue weighted by molar-refractivity contribution is -0.159. The first-order valence-electron chi connectivity index (χ1n) is 15.9. The van der Waals surface area contributed by atoms with Gasteiger partial charge in [0, 0.05) is 25.2 Å². The largest absolute Gasteiger partial charge is 0.473 e. The van der Waals surface area contributed by atoms with Gasteiger partial charge in [-0.1, -0.05) is 42.5 Å². The van der Waals surface area contributed by atoms with Crippen molar-refractivity contribution in [2.24, 2.45) is 5.73 Å². The third-order valence-electron chi connectivity index (χ3n) is 6.85. The number of benzene rings is 2. The van der Waals surface area contributed by atoms with Crippen molar-refractivity contribution in [1.29, 1.82) is 0 Å². The average molecular weight is 695 g/mol. The lowest BCUT2D eigenvalue weighted by atomic mass is 10.1. The normalized spacial score (nSPS) is 13.6. The summed E-state index contributed by atoms with van der Waals surface area (Å²) in [5.74, 6) is -4.19. The zero-order valence-corrected chi connectivity index (χ0v) is 28.8. The molecule has 2 heterocycles. The van der Waals surface area contributed by atoms with Crippen LogP contribution in [0.2, 0.25) is 0 Å². The molecule has 48 heavy (non-hydrogen) atoms. The summed E-state index contributed by atoms with van der Waals surface area (Å²) in [7, 11) is 0. The van der Waals surface area contributed by atoms with Crippen LogP contribution < -0.4 is 11.1 Å². The Kier molecular flexibility index (Phi) is 24.9. The predicted molar refractivity (Wildman–Crippen MR) is 184 cm³/mol. The maximum Gasteiger partial charge on any atom is 0.414 e. The van der Waals surface area contributed by atoms with Gasteiger partial charge >= 0.3 is 23.9 Å². The summed E-state index contributed by atoms with van der Waals surface area (Å²) >= 11 is 0. The lowest BCUT2D eigenvalue weighted by Gasteiger charge is -2.15. The van der Waals surface area contributed by atoms with Crippen LogP contribution >= 0.6 is 12.4 Å². The average Bonchev–Trinajstić information content (AvgIpc) is 3.77. The van der Waals surface area contributed by atoms with E-state index in [4.69, 9.17) is 30.3 Å². The zero-order chi connectivity index (χ0) is 34.9. The molecule has 2 aliphatic heterocycles. The van der Waals surface area contributed by atoms with E-state index in [0.29, 0.717) is 19.8 Å². The predicted octanol–water partition coefficient (Wildman–Crippen LogP) is 3.12. The molecule has 13 nitrogen and oxygen atoms in total. The van der Waals surface area contributed by atoms with Crippen molar-refractivity contribution in [2.75, 3.05) is 52.5 Å². The number of aldehydes is 1. The van der Waals surface area contributed by atoms with Gasteiger partial charge in [-0.15, -0.1) is 12.4 Å². The number of halogens is 1. The molecule has 5 N–H and O–H groups in total. The maximum atomic E-state index is 11.2. The molecule has 2 aliphatic rings. The van der Waals surface area contributed by atoms with Crippen LogP contribution in [0.1, 0.15) is 66.6 Å². The molecule has 0 atom stereocenters. The third-order valence-corrected chi connectivity index (χ3v) is 6.85. The molecule has 2 aromatic rings. The molecule has 0 amide bonds. The van der Waals surface area contributed by atoms with Gasteiger partial charge in [-0.25, -0.2) is 9.59 Å². The quantitative estimate of drug-likeness (QED) is 0.144. The highest BCUT2D eigenvalue weighted by atomic mass is 35.5. The summed E-state index contributed by atoms with van der Waals surface area (Å²) in [6.45, 7) is 12.2. The number of carbonyl (C=O) groups is 5. The molecule has 0 aromatic heterocycles. The van der Waals surface area contributed by atoms with E-state index in [1.165, 1.54) is 68.6 Å². The Hall–Kier alpha value is -3.88. The number of aliphatic carboxylic acids is 2. The number of rotatable bonds is 12. The number of ether oxygens (including phenoxy) is 2. The van der Waals surface area contributed by atoms with Gasteiger partial charge in [-0.05, 0) is 88.5 Å². The van der Waals surface area contributed by atoms with Crippen LogP contribution in [0.3, 0.4) is 0 Å². The fourth-order valence-corrected chi connectivity index (χ4v) is 4.74. The van der Waals surface area contributed by atoms with Crippen molar-refractivity contribution in [3.05, 3.63) is 70.8 Å². The highest BCUT2D eigenvalue weighted by Crippen LogP contribution is 2.14. The second-order valence-electron chi connectivity index (χ2n) is 10.7. The van der Waals surface area contributed by atoms with Crippen LogP contribution in [0.15, 0.2) is 48.5 Å². The fourth-order valence-electron chi connectivity index (χ4n) is 4.74. The molecule has 14 heteroatoms. The standard InChI is InChI=1S/C16H24N2O2.C12H15NO.C4H9NO2.C2H2O4.ClH/c1-2-20-16(19)12-17-11-14-6-5-7-15(10-14)13-18-8-3-4-9-18;14-10-12-5-3-4-11(8-12)9-13-6-1-2-7-13;1-2-7-4(6)3-5;3-1(4)2(5)6;/h5-7,10,17H,2-4,8-9,11-13H2,1H3;3-5,8,10H,1-2,6-7,9H2;2-3,5H2,1H3;(H,3,4)(H,5,6);1H. The molecule has 4 rings (SSSR count). The monoisotopic (exact) mass is 694 g/mol. The van der Waals surface area contributed by atoms with E-state index in [0.717, 1.165) is 24.9 Å². The molecule has 0 spiro atoms. The number of carboxylic acid groups (broad SMARTS) is 2. The second kappa shape index (κ2) is 27.1. The van der Waals surface area contributed by atoms with Crippen molar-refractivity contribution in [2.45, 2.75) is 59.2 Å². The van der Waals surface area contributed by atoms with Crippen molar-refractivity contribution in [3.8, 4) is 0 Å². The van der Waals surface area contributed by atoms with E-state index in [2.05, 4.69) is 50.2 Å². The van der Waals surface area contributed by atoms with Crippen molar-refractivity contribution in [3.63, 3.8) is 0 Å². The number of nitrogens with zero attached hydrogens (tertiary/aromatic N) is 2. The Morgan fingerprint density at radius 1 is 0.771 bits per heavy atom. The fraction of sp³-hybridized carbons (Fsp3) is 0.500. The number of nitrogens with two attached hydrogens (primary N) is 1. The van der Waals surface area contributed by atoms with Crippen LogP contribution in [0.25, 0.3) is 0 Å². The van der Waals surface area contributed by atoms with Gasteiger partial charge in [0.15, 0.2) is 0 Å². The summed E-state index contributed by atoms with van der Waals surface area (Å²) in [4.78, 5) is 55.0. The Labute approximate surface area is 289 Å². The van der Waals surface area contributed by atoms with Gasteiger partial charge in [0.2, 0.25) is 0 Å². The van der Waals surface area contributed by atoms with Crippen molar-refractivity contribution >= 4 is 42.6 Å². The van der Waals surface area contributed by atoms with Crippen LogP contribution in [0, 0.1) is 0 Å². The van der Waals surface area contributed by atoms with Crippen LogP contribution in [0.4, 0.5) is 0 Å². The molecule has 2 saturated heterocycles. The van der Waals surface area contributed by atoms with Gasteiger partial charge in [-0.3, -0.25) is 24.2 Å². The van der Waals surface area contributed by atoms with E-state index in [1.54, 1.807) is 6.92 Å². The Morgan fingerprint density at radius 3 is 1.67 bits per heavy atom. The summed E-state index contributed by atoms with van der Waals surface area (Å²) in [5, 5.41) is 17.9. The molecule has 2 aromatic carbocycles. The van der Waals surface area contributed by atoms with E-state index in [1.807, 2.05) is 25.1 Å². The van der Waals surface area contributed by atoms with E-state index in [9.17, 15) is 14.4 Å². The maximum absolute atomic E-state index is 11.2. The number of hydrogen-bond acceptors (Lipinski definition) is 11. The van der Waals surface area contributed by atoms with Crippen molar-refractivity contribution in [1.82, 2.24) is 15.1 Å². The summed E-state index contributed by atoms with van der Waals surface area (Å²) in [5.41, 5.74) is 9.47. The smallest absolute Gasteiger partial charge is 0.414 e. The molecular weight excluding hydrogens is 644 g/mol. The molecule has 268 valence electrons. The summed E-state index contributed by atoms with van der Waals surface area (Å²) < 4.78 is 9.31. The number of carbonyl (C=O) groups excluding carboxylic acids is 3. The highest BCUT2D eigenvalue weighted by molar-refractivity contribution is 6.27. The zero-order valence-electron chi connectivity index (χ0n) is 27.9. The number of esters is 2. The Morgan fingerprint density at radius 2 is 1.23 bits per heavy atom. The van der Waals surface area contributed by atoms with Gasteiger partial charge in [0.1, 0.15) is 6.29 Å². The summed E-state index contributed by atoms with van der Waals surface area (Å²) in [6.07, 6.45) is 6.18. The van der Waals surface area contributed by atoms with Gasteiger partial charge in [-0.2, -0.15) is 0 Å². The molecule has 0 aliphatic carbocycles. The minimum absolute atomic E-state index is 0.